The summed E-state index contributed by atoms with van der Waals surface area (Å²) in [7, 11) is 3.46. The molecule has 3 rings (SSSR count). The number of nitrogens with one attached hydrogen (secondary N) is 2. The summed E-state index contributed by atoms with van der Waals surface area (Å²) in [4.78, 5) is 27.2. The number of unbranched alkanes of at least 4 members (excludes halogenated alkanes) is 1. The topological polar surface area (TPSA) is 83.8 Å². The van der Waals surface area contributed by atoms with Crippen LogP contribution in [-0.2, 0) is 4.79 Å². The second-order valence-electron chi connectivity index (χ2n) is 8.02. The van der Waals surface area contributed by atoms with E-state index in [4.69, 9.17) is 9.15 Å². The highest BCUT2D eigenvalue weighted by atomic mass is 32.2. The van der Waals surface area contributed by atoms with Gasteiger partial charge in [-0.25, -0.2) is 4.79 Å². The van der Waals surface area contributed by atoms with E-state index in [1.54, 1.807) is 24.9 Å². The lowest BCUT2D eigenvalue weighted by molar-refractivity contribution is -0.118. The Morgan fingerprint density at radius 1 is 1.21 bits per heavy atom. The lowest BCUT2D eigenvalue weighted by atomic mass is 10.1. The first kappa shape index (κ1) is 25.6. The van der Waals surface area contributed by atoms with E-state index in [2.05, 4.69) is 17.6 Å². The Hall–Kier alpha value is -2.97. The summed E-state index contributed by atoms with van der Waals surface area (Å²) >= 11 is 1.72. The Morgan fingerprint density at radius 2 is 2.00 bits per heavy atom. The maximum Gasteiger partial charge on any atom is 0.338 e. The molecule has 0 saturated heterocycles. The number of hydrogen-bond donors (Lipinski definition) is 2. The van der Waals surface area contributed by atoms with Gasteiger partial charge in [0.25, 0.3) is 0 Å². The molecule has 182 valence electrons. The van der Waals surface area contributed by atoms with Crippen LogP contribution in [0.4, 0.5) is 17.1 Å². The number of carbonyl (C=O) groups is 1. The van der Waals surface area contributed by atoms with Gasteiger partial charge in [-0.1, -0.05) is 25.5 Å². The lowest BCUT2D eigenvalue weighted by Crippen LogP contribution is -2.41. The maximum atomic E-state index is 13.1. The monoisotopic (exact) mass is 483 g/mol. The summed E-state index contributed by atoms with van der Waals surface area (Å²) in [6.45, 7) is 2.93. The first-order valence-electron chi connectivity index (χ1n) is 11.5. The van der Waals surface area contributed by atoms with Crippen molar-refractivity contribution in [2.24, 2.45) is 0 Å². The fraction of sp³-hybridized carbons (Fsp3) is 0.385. The van der Waals surface area contributed by atoms with E-state index in [1.807, 2.05) is 54.6 Å². The number of hydrogen-bond acceptors (Lipinski definition) is 7. The van der Waals surface area contributed by atoms with Crippen molar-refractivity contribution >= 4 is 45.7 Å². The SMILES string of the molecule is CCCCNC(CCSC)C(=O)Nc1cc(N(C)c2cc(=O)oc3ccccc23)ccc1OC. The van der Waals surface area contributed by atoms with Crippen LogP contribution in [0.25, 0.3) is 11.0 Å². The van der Waals surface area contributed by atoms with Crippen LogP contribution in [0.5, 0.6) is 5.75 Å². The quantitative estimate of drug-likeness (QED) is 0.276. The molecule has 8 heteroatoms. The number of methoxy groups -OCH3 is 1. The van der Waals surface area contributed by atoms with Gasteiger partial charge in [0.05, 0.1) is 24.5 Å². The Morgan fingerprint density at radius 3 is 2.74 bits per heavy atom. The Bertz CT molecular complexity index is 1160. The summed E-state index contributed by atoms with van der Waals surface area (Å²) in [5.74, 6) is 1.37. The Kier molecular flexibility index (Phi) is 9.42. The van der Waals surface area contributed by atoms with Crippen molar-refractivity contribution in [2.45, 2.75) is 32.2 Å². The number of ether oxygens (including phenoxy) is 1. The van der Waals surface area contributed by atoms with Gasteiger partial charge in [-0.2, -0.15) is 11.8 Å². The normalized spacial score (nSPS) is 11.9. The molecule has 0 aliphatic heterocycles. The van der Waals surface area contributed by atoms with Gasteiger partial charge in [0.15, 0.2) is 0 Å². The van der Waals surface area contributed by atoms with Crippen molar-refractivity contribution in [3.63, 3.8) is 0 Å². The number of rotatable bonds is 12. The molecule has 0 bridgehead atoms. The van der Waals surface area contributed by atoms with Gasteiger partial charge >= 0.3 is 5.63 Å². The highest BCUT2D eigenvalue weighted by molar-refractivity contribution is 7.98. The molecular weight excluding hydrogens is 450 g/mol. The van der Waals surface area contributed by atoms with Gasteiger partial charge in [0, 0.05) is 24.2 Å². The molecule has 0 aliphatic rings. The maximum absolute atomic E-state index is 13.1. The molecule has 1 unspecified atom stereocenters. The van der Waals surface area contributed by atoms with Crippen LogP contribution in [-0.4, -0.2) is 44.7 Å². The van der Waals surface area contributed by atoms with Crippen molar-refractivity contribution in [3.8, 4) is 5.75 Å². The first-order chi connectivity index (χ1) is 16.5. The summed E-state index contributed by atoms with van der Waals surface area (Å²) in [5, 5.41) is 7.25. The number of nitrogens with zero attached hydrogens (tertiary/aromatic N) is 1. The second-order valence-corrected chi connectivity index (χ2v) is 9.01. The first-order valence-corrected chi connectivity index (χ1v) is 12.9. The molecule has 0 aliphatic carbocycles. The Balaban J connectivity index is 1.90. The molecule has 7 nitrogen and oxygen atoms in total. The van der Waals surface area contributed by atoms with Crippen molar-refractivity contribution in [1.82, 2.24) is 5.32 Å². The van der Waals surface area contributed by atoms with Crippen molar-refractivity contribution in [1.29, 1.82) is 0 Å². The summed E-state index contributed by atoms with van der Waals surface area (Å²) < 4.78 is 10.8. The molecular formula is C26H33N3O4S. The number of thioether (sulfide) groups is 1. The average Bonchev–Trinajstić information content (AvgIpc) is 2.85. The van der Waals surface area contributed by atoms with Gasteiger partial charge in [-0.15, -0.1) is 0 Å². The van der Waals surface area contributed by atoms with Gasteiger partial charge in [0.2, 0.25) is 5.91 Å². The fourth-order valence-corrected chi connectivity index (χ4v) is 4.22. The molecule has 1 atom stereocenters. The molecule has 1 heterocycles. The number of benzene rings is 2. The summed E-state index contributed by atoms with van der Waals surface area (Å²) in [6, 6.07) is 14.2. The lowest BCUT2D eigenvalue weighted by Gasteiger charge is -2.23. The summed E-state index contributed by atoms with van der Waals surface area (Å²) in [6.07, 6.45) is 4.87. The van der Waals surface area contributed by atoms with Gasteiger partial charge in [-0.05, 0) is 61.7 Å². The van der Waals surface area contributed by atoms with Crippen molar-refractivity contribution in [3.05, 3.63) is 59.0 Å². The minimum atomic E-state index is -0.419. The van der Waals surface area contributed by atoms with E-state index >= 15 is 0 Å². The van der Waals surface area contributed by atoms with Crippen molar-refractivity contribution < 1.29 is 13.9 Å². The van der Waals surface area contributed by atoms with Crippen LogP contribution in [0, 0.1) is 0 Å². The number of anilines is 3. The molecule has 2 aromatic carbocycles. The van der Waals surface area contributed by atoms with E-state index in [-0.39, 0.29) is 11.9 Å². The minimum Gasteiger partial charge on any atom is -0.495 e. The number of amides is 1. The third-order valence-electron chi connectivity index (χ3n) is 5.67. The molecule has 34 heavy (non-hydrogen) atoms. The standard InChI is InChI=1S/C26H33N3O4S/c1-5-6-14-27-20(13-15-34-4)26(31)28-21-16-18(11-12-24(21)32-3)29(2)22-17-25(30)33-23-10-8-7-9-19(22)23/h7-12,16-17,20,27H,5-6,13-15H2,1-4H3,(H,28,31). The molecule has 0 radical (unpaired) electrons. The summed E-state index contributed by atoms with van der Waals surface area (Å²) in [5.41, 5.74) is 2.20. The van der Waals surface area contributed by atoms with Crippen LogP contribution in [0.2, 0.25) is 0 Å². The van der Waals surface area contributed by atoms with Crippen LogP contribution >= 0.6 is 11.8 Å². The van der Waals surface area contributed by atoms with E-state index in [1.165, 1.54) is 6.07 Å². The molecule has 0 saturated carbocycles. The molecule has 0 spiro atoms. The zero-order valence-electron chi connectivity index (χ0n) is 20.2. The van der Waals surface area contributed by atoms with Gasteiger partial charge in [0.1, 0.15) is 11.3 Å². The van der Waals surface area contributed by atoms with E-state index < -0.39 is 5.63 Å². The number of fused-ring (bicyclic) bond motifs is 1. The van der Waals surface area contributed by atoms with Crippen LogP contribution in [0.3, 0.4) is 0 Å². The van der Waals surface area contributed by atoms with E-state index in [9.17, 15) is 9.59 Å². The van der Waals surface area contributed by atoms with Gasteiger partial charge in [-0.3, -0.25) is 4.79 Å². The second kappa shape index (κ2) is 12.5. The zero-order valence-corrected chi connectivity index (χ0v) is 21.0. The van der Waals surface area contributed by atoms with E-state index in [0.29, 0.717) is 22.7 Å². The predicted octanol–water partition coefficient (Wildman–Crippen LogP) is 5.02. The van der Waals surface area contributed by atoms with Gasteiger partial charge < -0.3 is 24.7 Å². The van der Waals surface area contributed by atoms with Crippen LogP contribution < -0.4 is 25.9 Å². The molecule has 2 N–H and O–H groups in total. The van der Waals surface area contributed by atoms with Crippen LogP contribution in [0.1, 0.15) is 26.2 Å². The molecule has 3 aromatic rings. The van der Waals surface area contributed by atoms with Crippen molar-refractivity contribution in [2.75, 3.05) is 42.9 Å². The molecule has 0 fully saturated rings. The minimum absolute atomic E-state index is 0.0888. The third kappa shape index (κ3) is 6.33. The molecule has 1 aromatic heterocycles. The largest absolute Gasteiger partial charge is 0.495 e. The zero-order chi connectivity index (χ0) is 24.5. The highest BCUT2D eigenvalue weighted by Gasteiger charge is 2.20. The number of carbonyl (C=O) groups excluding carboxylic acids is 1. The van der Waals surface area contributed by atoms with E-state index in [0.717, 1.165) is 42.6 Å². The highest BCUT2D eigenvalue weighted by Crippen LogP contribution is 2.34. The molecule has 1 amide bonds. The Labute approximate surface area is 204 Å². The number of para-hydroxylation sites is 1. The average molecular weight is 484 g/mol. The fourth-order valence-electron chi connectivity index (χ4n) is 3.75. The smallest absolute Gasteiger partial charge is 0.338 e. The van der Waals surface area contributed by atoms with Crippen LogP contribution in [0.15, 0.2) is 57.7 Å². The third-order valence-corrected chi connectivity index (χ3v) is 6.31. The predicted molar refractivity (Wildman–Crippen MR) is 142 cm³/mol.